The van der Waals surface area contributed by atoms with Gasteiger partial charge in [0.1, 0.15) is 0 Å². The second-order valence-electron chi connectivity index (χ2n) is 4.18. The summed E-state index contributed by atoms with van der Waals surface area (Å²) in [6.07, 6.45) is 0. The van der Waals surface area contributed by atoms with Crippen molar-refractivity contribution in [3.8, 4) is 0 Å². The van der Waals surface area contributed by atoms with Crippen LogP contribution < -0.4 is 5.32 Å². The zero-order chi connectivity index (χ0) is 11.1. The van der Waals surface area contributed by atoms with Gasteiger partial charge in [-0.25, -0.2) is 0 Å². The van der Waals surface area contributed by atoms with Crippen LogP contribution in [-0.2, 0) is 11.3 Å². The van der Waals surface area contributed by atoms with Gasteiger partial charge in [-0.3, -0.25) is 0 Å². The third kappa shape index (κ3) is 4.96. The fourth-order valence-corrected chi connectivity index (χ4v) is 1.63. The molecule has 0 spiro atoms. The molecule has 1 N–H and O–H groups in total. The minimum absolute atomic E-state index is 0.569. The van der Waals surface area contributed by atoms with Crippen LogP contribution in [0.2, 0.25) is 0 Å². The van der Waals surface area contributed by atoms with Crippen molar-refractivity contribution >= 4 is 0 Å². The van der Waals surface area contributed by atoms with E-state index in [2.05, 4.69) is 43.4 Å². The molecule has 1 rings (SSSR count). The lowest BCUT2D eigenvalue weighted by Gasteiger charge is -2.11. The summed E-state index contributed by atoms with van der Waals surface area (Å²) >= 11 is 0. The molecule has 1 atom stereocenters. The largest absolute Gasteiger partial charge is 0.384 e. The van der Waals surface area contributed by atoms with E-state index >= 15 is 0 Å². The molecule has 84 valence electrons. The van der Waals surface area contributed by atoms with Gasteiger partial charge in [-0.15, -0.1) is 0 Å². The van der Waals surface area contributed by atoms with Gasteiger partial charge in [0.05, 0.1) is 0 Å². The molecule has 0 bridgehead atoms. The number of methoxy groups -OCH3 is 1. The molecule has 0 amide bonds. The second kappa shape index (κ2) is 6.59. The maximum atomic E-state index is 5.09. The molecule has 0 saturated carbocycles. The first-order chi connectivity index (χ1) is 7.22. The summed E-state index contributed by atoms with van der Waals surface area (Å²) in [7, 11) is 1.75. The average Bonchev–Trinajstić information content (AvgIpc) is 2.18. The molecule has 1 unspecified atom stereocenters. The molecule has 15 heavy (non-hydrogen) atoms. The third-order valence-corrected chi connectivity index (χ3v) is 2.36. The summed E-state index contributed by atoms with van der Waals surface area (Å²) in [6, 6.07) is 8.59. The molecule has 0 heterocycles. The molecule has 2 nitrogen and oxygen atoms in total. The van der Waals surface area contributed by atoms with E-state index in [1.165, 1.54) is 11.1 Å². The lowest BCUT2D eigenvalue weighted by atomic mass is 10.1. The van der Waals surface area contributed by atoms with E-state index in [-0.39, 0.29) is 0 Å². The third-order valence-electron chi connectivity index (χ3n) is 2.36. The SMILES string of the molecule is COCC(C)CNCc1cccc(C)c1. The maximum Gasteiger partial charge on any atom is 0.0499 e. The molecule has 0 aromatic heterocycles. The van der Waals surface area contributed by atoms with Gasteiger partial charge in [-0.1, -0.05) is 36.8 Å². The number of nitrogens with one attached hydrogen (secondary N) is 1. The van der Waals surface area contributed by atoms with Gasteiger partial charge in [0, 0.05) is 26.8 Å². The van der Waals surface area contributed by atoms with Crippen molar-refractivity contribution < 1.29 is 4.74 Å². The van der Waals surface area contributed by atoms with E-state index < -0.39 is 0 Å². The molecule has 1 aromatic rings. The Balaban J connectivity index is 2.25. The van der Waals surface area contributed by atoms with Crippen LogP contribution >= 0.6 is 0 Å². The van der Waals surface area contributed by atoms with Crippen LogP contribution in [0.1, 0.15) is 18.1 Å². The van der Waals surface area contributed by atoms with Crippen molar-refractivity contribution in [3.63, 3.8) is 0 Å². The molecule has 0 aliphatic heterocycles. The summed E-state index contributed by atoms with van der Waals surface area (Å²) in [4.78, 5) is 0. The quantitative estimate of drug-likeness (QED) is 0.773. The Morgan fingerprint density at radius 1 is 1.40 bits per heavy atom. The Morgan fingerprint density at radius 2 is 2.20 bits per heavy atom. The zero-order valence-corrected chi connectivity index (χ0v) is 9.92. The van der Waals surface area contributed by atoms with Crippen LogP contribution in [0.15, 0.2) is 24.3 Å². The molecule has 1 aromatic carbocycles. The molecule has 0 aliphatic rings. The molecule has 0 radical (unpaired) electrons. The molecular weight excluding hydrogens is 186 g/mol. The summed E-state index contributed by atoms with van der Waals surface area (Å²) in [5, 5.41) is 3.43. The normalized spacial score (nSPS) is 12.7. The highest BCUT2D eigenvalue weighted by atomic mass is 16.5. The minimum Gasteiger partial charge on any atom is -0.384 e. The first-order valence-corrected chi connectivity index (χ1v) is 5.47. The number of hydrogen-bond acceptors (Lipinski definition) is 2. The van der Waals surface area contributed by atoms with Crippen LogP contribution in [0.3, 0.4) is 0 Å². The molecule has 0 fully saturated rings. The summed E-state index contributed by atoms with van der Waals surface area (Å²) in [6.45, 7) is 7.07. The van der Waals surface area contributed by atoms with E-state index in [0.29, 0.717) is 5.92 Å². The van der Waals surface area contributed by atoms with Crippen molar-refractivity contribution in [2.45, 2.75) is 20.4 Å². The average molecular weight is 207 g/mol. The van der Waals surface area contributed by atoms with Crippen LogP contribution in [0, 0.1) is 12.8 Å². The predicted octanol–water partition coefficient (Wildman–Crippen LogP) is 2.37. The number of benzene rings is 1. The summed E-state index contributed by atoms with van der Waals surface area (Å²) < 4.78 is 5.09. The maximum absolute atomic E-state index is 5.09. The van der Waals surface area contributed by atoms with Crippen LogP contribution in [0.4, 0.5) is 0 Å². The van der Waals surface area contributed by atoms with Crippen molar-refractivity contribution in [2.24, 2.45) is 5.92 Å². The van der Waals surface area contributed by atoms with Crippen LogP contribution in [-0.4, -0.2) is 20.3 Å². The fraction of sp³-hybridized carbons (Fsp3) is 0.538. The van der Waals surface area contributed by atoms with Gasteiger partial charge in [-0.05, 0) is 18.4 Å². The van der Waals surface area contributed by atoms with E-state index in [9.17, 15) is 0 Å². The highest BCUT2D eigenvalue weighted by Gasteiger charge is 2.00. The van der Waals surface area contributed by atoms with Gasteiger partial charge < -0.3 is 10.1 Å². The van der Waals surface area contributed by atoms with E-state index in [1.54, 1.807) is 7.11 Å². The van der Waals surface area contributed by atoms with Gasteiger partial charge in [-0.2, -0.15) is 0 Å². The van der Waals surface area contributed by atoms with Crippen molar-refractivity contribution in [3.05, 3.63) is 35.4 Å². The van der Waals surface area contributed by atoms with Crippen LogP contribution in [0.25, 0.3) is 0 Å². The predicted molar refractivity (Wildman–Crippen MR) is 63.9 cm³/mol. The Bertz CT molecular complexity index is 286. The van der Waals surface area contributed by atoms with Gasteiger partial charge in [0.25, 0.3) is 0 Å². The number of ether oxygens (including phenoxy) is 1. The van der Waals surface area contributed by atoms with Gasteiger partial charge >= 0.3 is 0 Å². The van der Waals surface area contributed by atoms with E-state index in [1.807, 2.05) is 0 Å². The summed E-state index contributed by atoms with van der Waals surface area (Å²) in [5.74, 6) is 0.569. The van der Waals surface area contributed by atoms with Gasteiger partial charge in [0.15, 0.2) is 0 Å². The molecular formula is C13H21NO. The lowest BCUT2D eigenvalue weighted by Crippen LogP contribution is -2.23. The minimum atomic E-state index is 0.569. The molecule has 0 saturated heterocycles. The first-order valence-electron chi connectivity index (χ1n) is 5.47. The van der Waals surface area contributed by atoms with Crippen molar-refractivity contribution in [2.75, 3.05) is 20.3 Å². The smallest absolute Gasteiger partial charge is 0.0499 e. The zero-order valence-electron chi connectivity index (χ0n) is 9.92. The molecule has 2 heteroatoms. The van der Waals surface area contributed by atoms with E-state index in [0.717, 1.165) is 19.7 Å². The second-order valence-corrected chi connectivity index (χ2v) is 4.18. The van der Waals surface area contributed by atoms with Crippen LogP contribution in [0.5, 0.6) is 0 Å². The lowest BCUT2D eigenvalue weighted by molar-refractivity contribution is 0.158. The topological polar surface area (TPSA) is 21.3 Å². The fourth-order valence-electron chi connectivity index (χ4n) is 1.63. The Morgan fingerprint density at radius 3 is 2.87 bits per heavy atom. The van der Waals surface area contributed by atoms with Gasteiger partial charge in [0.2, 0.25) is 0 Å². The van der Waals surface area contributed by atoms with Crippen molar-refractivity contribution in [1.82, 2.24) is 5.32 Å². The Labute approximate surface area is 92.6 Å². The summed E-state index contributed by atoms with van der Waals surface area (Å²) in [5.41, 5.74) is 2.67. The monoisotopic (exact) mass is 207 g/mol. The highest BCUT2D eigenvalue weighted by Crippen LogP contribution is 2.03. The van der Waals surface area contributed by atoms with E-state index in [4.69, 9.17) is 4.74 Å². The first kappa shape index (κ1) is 12.2. The highest BCUT2D eigenvalue weighted by molar-refractivity contribution is 5.21. The number of aryl methyl sites for hydroxylation is 1. The Hall–Kier alpha value is -0.860. The Kier molecular flexibility index (Phi) is 5.37. The number of rotatable bonds is 6. The van der Waals surface area contributed by atoms with Crippen molar-refractivity contribution in [1.29, 1.82) is 0 Å². The molecule has 0 aliphatic carbocycles. The number of hydrogen-bond donors (Lipinski definition) is 1. The standard InChI is InChI=1S/C13H21NO/c1-11-5-4-6-13(7-11)9-14-8-12(2)10-15-3/h4-7,12,14H,8-10H2,1-3H3.